The van der Waals surface area contributed by atoms with Crippen molar-refractivity contribution in [1.82, 2.24) is 14.5 Å². The largest absolute Gasteiger partial charge is 0.490 e. The SMILES string of the molecule is CN(CCn1ccc2ccccc21)C(=O)c1ccc2sc(N)nc2c1.O=C(O)C(F)(F)F. The van der Waals surface area contributed by atoms with Gasteiger partial charge in [0.1, 0.15) is 0 Å². The third-order valence-electron chi connectivity index (χ3n) is 4.60. The summed E-state index contributed by atoms with van der Waals surface area (Å²) in [5.74, 6) is -2.77. The minimum atomic E-state index is -5.08. The third-order valence-corrected chi connectivity index (χ3v) is 5.46. The molecule has 2 aromatic carbocycles. The van der Waals surface area contributed by atoms with Gasteiger partial charge in [-0.15, -0.1) is 0 Å². The number of benzene rings is 2. The predicted molar refractivity (Wildman–Crippen MR) is 117 cm³/mol. The molecule has 0 unspecified atom stereocenters. The molecule has 3 N–H and O–H groups in total. The van der Waals surface area contributed by atoms with Crippen LogP contribution in [-0.4, -0.2) is 51.2 Å². The number of carboxylic acid groups (broad SMARTS) is 1. The van der Waals surface area contributed by atoms with Gasteiger partial charge in [-0.2, -0.15) is 13.2 Å². The van der Waals surface area contributed by atoms with E-state index in [9.17, 15) is 18.0 Å². The van der Waals surface area contributed by atoms with Crippen molar-refractivity contribution in [3.63, 3.8) is 0 Å². The number of hydrogen-bond donors (Lipinski definition) is 2. The molecule has 7 nitrogen and oxygen atoms in total. The lowest BCUT2D eigenvalue weighted by atomic mass is 10.2. The van der Waals surface area contributed by atoms with E-state index in [0.717, 1.165) is 16.8 Å². The fourth-order valence-electron chi connectivity index (χ4n) is 2.99. The molecule has 4 aromatic rings. The van der Waals surface area contributed by atoms with Crippen LogP contribution in [0.4, 0.5) is 18.3 Å². The number of rotatable bonds is 4. The fourth-order valence-corrected chi connectivity index (χ4v) is 3.71. The minimum Gasteiger partial charge on any atom is -0.475 e. The summed E-state index contributed by atoms with van der Waals surface area (Å²) in [6, 6.07) is 15.9. The lowest BCUT2D eigenvalue weighted by molar-refractivity contribution is -0.192. The second-order valence-electron chi connectivity index (χ2n) is 6.83. The summed E-state index contributed by atoms with van der Waals surface area (Å²) in [6.07, 6.45) is -3.02. The predicted octanol–water partition coefficient (Wildman–Crippen LogP) is 4.24. The topological polar surface area (TPSA) is 101 Å². The summed E-state index contributed by atoms with van der Waals surface area (Å²) in [5, 5.41) is 8.86. The molecule has 0 fully saturated rings. The van der Waals surface area contributed by atoms with Crippen LogP contribution < -0.4 is 5.73 Å². The Morgan fingerprint density at radius 1 is 1.19 bits per heavy atom. The van der Waals surface area contributed by atoms with Crippen molar-refractivity contribution < 1.29 is 27.9 Å². The molecule has 2 aromatic heterocycles. The van der Waals surface area contributed by atoms with Crippen LogP contribution in [0.25, 0.3) is 21.1 Å². The number of anilines is 1. The van der Waals surface area contributed by atoms with Crippen molar-refractivity contribution in [2.45, 2.75) is 12.7 Å². The Balaban J connectivity index is 0.000000360. The van der Waals surface area contributed by atoms with E-state index in [4.69, 9.17) is 15.6 Å². The molecule has 0 saturated carbocycles. The highest BCUT2D eigenvalue weighted by molar-refractivity contribution is 7.22. The van der Waals surface area contributed by atoms with Crippen LogP contribution in [-0.2, 0) is 11.3 Å². The molecule has 11 heteroatoms. The van der Waals surface area contributed by atoms with Gasteiger partial charge in [-0.05, 0) is 35.7 Å². The second-order valence-corrected chi connectivity index (χ2v) is 7.89. The molecule has 0 atom stereocenters. The maximum Gasteiger partial charge on any atom is 0.490 e. The molecule has 2 heterocycles. The standard InChI is InChI=1S/C19H18N4OS.C2HF3O2/c1-22(10-11-23-9-8-13-4-2-3-5-16(13)23)18(24)14-6-7-17-15(12-14)21-19(20)25-17;3-2(4,5)1(6)7/h2-9,12H,10-11H2,1H3,(H2,20,21);(H,6,7). The number of amides is 1. The van der Waals surface area contributed by atoms with E-state index in [1.807, 2.05) is 37.4 Å². The zero-order valence-corrected chi connectivity index (χ0v) is 17.7. The molecule has 0 bridgehead atoms. The number of thiazole rings is 1. The average Bonchev–Trinajstić information content (AvgIpc) is 3.32. The molecule has 168 valence electrons. The normalized spacial score (nSPS) is 11.2. The molecule has 4 rings (SSSR count). The first-order valence-electron chi connectivity index (χ1n) is 9.32. The second kappa shape index (κ2) is 9.27. The number of aliphatic carboxylic acids is 1. The highest BCUT2D eigenvalue weighted by Crippen LogP contribution is 2.25. The molecule has 0 aliphatic rings. The average molecular weight is 464 g/mol. The lowest BCUT2D eigenvalue weighted by Crippen LogP contribution is -2.29. The number of fused-ring (bicyclic) bond motifs is 2. The maximum atomic E-state index is 12.7. The summed E-state index contributed by atoms with van der Waals surface area (Å²) in [6.45, 7) is 1.39. The van der Waals surface area contributed by atoms with Crippen molar-refractivity contribution in [3.8, 4) is 0 Å². The number of carboxylic acids is 1. The van der Waals surface area contributed by atoms with Gasteiger partial charge in [-0.1, -0.05) is 29.5 Å². The van der Waals surface area contributed by atoms with E-state index in [-0.39, 0.29) is 5.91 Å². The Morgan fingerprint density at radius 3 is 2.56 bits per heavy atom. The van der Waals surface area contributed by atoms with Gasteiger partial charge in [0.2, 0.25) is 0 Å². The molecule has 32 heavy (non-hydrogen) atoms. The summed E-state index contributed by atoms with van der Waals surface area (Å²) in [7, 11) is 1.83. The number of para-hydroxylation sites is 1. The van der Waals surface area contributed by atoms with Crippen LogP contribution in [0.5, 0.6) is 0 Å². The highest BCUT2D eigenvalue weighted by atomic mass is 32.1. The van der Waals surface area contributed by atoms with E-state index in [1.165, 1.54) is 22.2 Å². The van der Waals surface area contributed by atoms with Crippen molar-refractivity contribution in [2.24, 2.45) is 0 Å². The van der Waals surface area contributed by atoms with Crippen LogP contribution in [0, 0.1) is 0 Å². The van der Waals surface area contributed by atoms with Crippen LogP contribution in [0.15, 0.2) is 54.7 Å². The van der Waals surface area contributed by atoms with Crippen LogP contribution in [0.2, 0.25) is 0 Å². The van der Waals surface area contributed by atoms with E-state index in [0.29, 0.717) is 17.2 Å². The van der Waals surface area contributed by atoms with E-state index in [1.54, 1.807) is 4.90 Å². The molecule has 0 aliphatic carbocycles. The Hall–Kier alpha value is -3.60. The number of halogens is 3. The van der Waals surface area contributed by atoms with Crippen LogP contribution in [0.1, 0.15) is 10.4 Å². The lowest BCUT2D eigenvalue weighted by Gasteiger charge is -2.18. The number of carbonyl (C=O) groups is 2. The number of nitrogen functional groups attached to an aromatic ring is 1. The molecular weight excluding hydrogens is 445 g/mol. The zero-order chi connectivity index (χ0) is 23.5. The monoisotopic (exact) mass is 464 g/mol. The van der Waals surface area contributed by atoms with E-state index >= 15 is 0 Å². The van der Waals surface area contributed by atoms with Crippen molar-refractivity contribution in [3.05, 3.63) is 60.3 Å². The van der Waals surface area contributed by atoms with E-state index < -0.39 is 12.1 Å². The van der Waals surface area contributed by atoms with Crippen molar-refractivity contribution in [2.75, 3.05) is 19.3 Å². The summed E-state index contributed by atoms with van der Waals surface area (Å²) in [4.78, 5) is 27.6. The molecule has 0 spiro atoms. The molecule has 0 radical (unpaired) electrons. The van der Waals surface area contributed by atoms with Crippen LogP contribution in [0.3, 0.4) is 0 Å². The highest BCUT2D eigenvalue weighted by Gasteiger charge is 2.38. The number of aromatic nitrogens is 2. The van der Waals surface area contributed by atoms with E-state index in [2.05, 4.69) is 33.9 Å². The zero-order valence-electron chi connectivity index (χ0n) is 16.8. The summed E-state index contributed by atoms with van der Waals surface area (Å²) < 4.78 is 34.9. The van der Waals surface area contributed by atoms with Gasteiger partial charge in [-0.3, -0.25) is 4.79 Å². The summed E-state index contributed by atoms with van der Waals surface area (Å²) >= 11 is 1.43. The number of carbonyl (C=O) groups excluding carboxylic acids is 1. The molecular formula is C21H19F3N4O3S. The molecule has 0 aliphatic heterocycles. The van der Waals surface area contributed by atoms with Crippen molar-refractivity contribution >= 4 is 49.5 Å². The van der Waals surface area contributed by atoms with Gasteiger partial charge < -0.3 is 20.3 Å². The smallest absolute Gasteiger partial charge is 0.475 e. The number of hydrogen-bond acceptors (Lipinski definition) is 5. The van der Waals surface area contributed by atoms with Gasteiger partial charge in [0.25, 0.3) is 5.91 Å². The first-order chi connectivity index (χ1) is 15.1. The van der Waals surface area contributed by atoms with Gasteiger partial charge in [-0.25, -0.2) is 9.78 Å². The van der Waals surface area contributed by atoms with Gasteiger partial charge >= 0.3 is 12.1 Å². The Labute approximate surface area is 184 Å². The van der Waals surface area contributed by atoms with Gasteiger partial charge in [0.15, 0.2) is 5.13 Å². The first-order valence-corrected chi connectivity index (χ1v) is 10.1. The summed E-state index contributed by atoms with van der Waals surface area (Å²) in [5.41, 5.74) is 8.33. The number of likely N-dealkylation sites (N-methyl/N-ethyl adjacent to an activating group) is 1. The van der Waals surface area contributed by atoms with Crippen molar-refractivity contribution in [1.29, 1.82) is 0 Å². The third kappa shape index (κ3) is 5.35. The maximum absolute atomic E-state index is 12.7. The van der Waals surface area contributed by atoms with Crippen LogP contribution >= 0.6 is 11.3 Å². The molecule has 0 saturated heterocycles. The first kappa shape index (κ1) is 23.1. The number of alkyl halides is 3. The Kier molecular flexibility index (Phi) is 6.68. The quantitative estimate of drug-likeness (QED) is 0.471. The number of nitrogens with zero attached hydrogens (tertiary/aromatic N) is 3. The van der Waals surface area contributed by atoms with Gasteiger partial charge in [0.05, 0.1) is 10.2 Å². The minimum absolute atomic E-state index is 0.00932. The Bertz CT molecular complexity index is 1270. The molecule has 1 amide bonds. The van der Waals surface area contributed by atoms with Gasteiger partial charge in [0, 0.05) is 37.4 Å². The number of nitrogens with two attached hydrogens (primary N) is 1. The fraction of sp³-hybridized carbons (Fsp3) is 0.190. The Morgan fingerprint density at radius 2 is 1.88 bits per heavy atom.